The summed E-state index contributed by atoms with van der Waals surface area (Å²) in [6.45, 7) is 1.54. The number of hydrogen-bond acceptors (Lipinski definition) is 4. The van der Waals surface area contributed by atoms with Gasteiger partial charge in [-0.1, -0.05) is 18.2 Å². The summed E-state index contributed by atoms with van der Waals surface area (Å²) in [6, 6.07) is 6.72. The third-order valence-corrected chi connectivity index (χ3v) is 5.26. The van der Waals surface area contributed by atoms with Crippen LogP contribution in [0.1, 0.15) is 31.2 Å². The van der Waals surface area contributed by atoms with Crippen LogP contribution in [0.3, 0.4) is 0 Å². The molecule has 132 valence electrons. The number of urea groups is 1. The number of ether oxygens (including phenoxy) is 1. The van der Waals surface area contributed by atoms with Gasteiger partial charge in [0.25, 0.3) is 5.91 Å². The van der Waals surface area contributed by atoms with Gasteiger partial charge in [-0.2, -0.15) is 0 Å². The number of rotatable bonds is 2. The highest BCUT2D eigenvalue weighted by molar-refractivity contribution is 6.09. The minimum absolute atomic E-state index is 0.166. The molecule has 0 aliphatic carbocycles. The first-order valence-electron chi connectivity index (χ1n) is 8.76. The maximum absolute atomic E-state index is 13.1. The molecule has 0 bridgehead atoms. The molecule has 3 aliphatic rings. The van der Waals surface area contributed by atoms with Gasteiger partial charge in [-0.3, -0.25) is 14.5 Å². The molecule has 0 radical (unpaired) electrons. The van der Waals surface area contributed by atoms with Gasteiger partial charge in [-0.15, -0.1) is 0 Å². The van der Waals surface area contributed by atoms with Crippen LogP contribution in [-0.2, 0) is 15.1 Å². The number of hydrogen-bond donors (Lipinski definition) is 1. The highest BCUT2D eigenvalue weighted by atomic mass is 16.5. The maximum atomic E-state index is 13.1. The molecule has 0 saturated carbocycles. The number of para-hydroxylation sites is 1. The van der Waals surface area contributed by atoms with E-state index in [4.69, 9.17) is 4.74 Å². The zero-order valence-electron chi connectivity index (χ0n) is 14.0. The quantitative estimate of drug-likeness (QED) is 0.819. The highest BCUT2D eigenvalue weighted by Gasteiger charge is 2.55. The summed E-state index contributed by atoms with van der Waals surface area (Å²) in [6.07, 6.45) is 3.43. The molecule has 2 fully saturated rings. The standard InChI is InChI=1S/C18H21N3O4/c22-15(20-9-4-1-5-10-20)12-21-16(23)18(19-17(21)24)8-11-25-14-7-3-2-6-13(14)18/h2-3,6-7H,1,4-5,8-12H2,(H,19,24)/t18-/m0/s1. The van der Waals surface area contributed by atoms with E-state index in [-0.39, 0.29) is 18.4 Å². The number of amides is 4. The molecular weight excluding hydrogens is 322 g/mol. The van der Waals surface area contributed by atoms with Gasteiger partial charge >= 0.3 is 6.03 Å². The molecule has 0 aromatic heterocycles. The van der Waals surface area contributed by atoms with Crippen LogP contribution in [0.4, 0.5) is 4.79 Å². The van der Waals surface area contributed by atoms with Gasteiger partial charge in [0, 0.05) is 25.1 Å². The Morgan fingerprint density at radius 3 is 2.72 bits per heavy atom. The smallest absolute Gasteiger partial charge is 0.325 e. The van der Waals surface area contributed by atoms with Crippen LogP contribution in [0.5, 0.6) is 5.75 Å². The minimum atomic E-state index is -1.12. The van der Waals surface area contributed by atoms with E-state index in [1.165, 1.54) is 0 Å². The molecular formula is C18H21N3O4. The van der Waals surface area contributed by atoms with Crippen LogP contribution >= 0.6 is 0 Å². The topological polar surface area (TPSA) is 79.0 Å². The monoisotopic (exact) mass is 343 g/mol. The van der Waals surface area contributed by atoms with Crippen molar-refractivity contribution in [2.24, 2.45) is 0 Å². The average molecular weight is 343 g/mol. The molecule has 1 N–H and O–H groups in total. The van der Waals surface area contributed by atoms with E-state index in [1.54, 1.807) is 17.0 Å². The Bertz CT molecular complexity index is 729. The second-order valence-corrected chi connectivity index (χ2v) is 6.76. The van der Waals surface area contributed by atoms with Gasteiger partial charge in [0.1, 0.15) is 12.3 Å². The van der Waals surface area contributed by atoms with Crippen LogP contribution in [-0.4, -0.2) is 53.9 Å². The van der Waals surface area contributed by atoms with Crippen molar-refractivity contribution < 1.29 is 19.1 Å². The molecule has 25 heavy (non-hydrogen) atoms. The molecule has 2 saturated heterocycles. The molecule has 0 unspecified atom stereocenters. The molecule has 1 atom stereocenters. The Kier molecular flexibility index (Phi) is 3.86. The Morgan fingerprint density at radius 1 is 1.16 bits per heavy atom. The SMILES string of the molecule is O=C(CN1C(=O)N[C@]2(CCOc3ccccc32)C1=O)N1CCCCC1. The summed E-state index contributed by atoms with van der Waals surface area (Å²) in [5, 5.41) is 2.82. The van der Waals surface area contributed by atoms with Crippen LogP contribution in [0.15, 0.2) is 24.3 Å². The van der Waals surface area contributed by atoms with Crippen molar-refractivity contribution in [3.05, 3.63) is 29.8 Å². The molecule has 1 aromatic rings. The summed E-state index contributed by atoms with van der Waals surface area (Å²) in [4.78, 5) is 40.8. The van der Waals surface area contributed by atoms with E-state index in [0.717, 1.165) is 24.2 Å². The lowest BCUT2D eigenvalue weighted by atomic mass is 9.84. The van der Waals surface area contributed by atoms with Crippen LogP contribution < -0.4 is 10.1 Å². The fraction of sp³-hybridized carbons (Fsp3) is 0.500. The van der Waals surface area contributed by atoms with Crippen molar-refractivity contribution in [3.8, 4) is 5.75 Å². The fourth-order valence-electron chi connectivity index (χ4n) is 3.89. The minimum Gasteiger partial charge on any atom is -0.493 e. The number of nitrogens with zero attached hydrogens (tertiary/aromatic N) is 2. The molecule has 3 aliphatic heterocycles. The molecule has 1 aromatic carbocycles. The second-order valence-electron chi connectivity index (χ2n) is 6.76. The number of likely N-dealkylation sites (tertiary alicyclic amines) is 1. The predicted octanol–water partition coefficient (Wildman–Crippen LogP) is 1.23. The zero-order valence-corrected chi connectivity index (χ0v) is 14.0. The lowest BCUT2D eigenvalue weighted by molar-refractivity contribution is -0.140. The van der Waals surface area contributed by atoms with Crippen molar-refractivity contribution >= 4 is 17.8 Å². The van der Waals surface area contributed by atoms with Crippen LogP contribution in [0, 0.1) is 0 Å². The molecule has 1 spiro atoms. The van der Waals surface area contributed by atoms with Gasteiger partial charge in [0.2, 0.25) is 5.91 Å². The largest absolute Gasteiger partial charge is 0.493 e. The first-order chi connectivity index (χ1) is 12.1. The number of piperidine rings is 1. The summed E-state index contributed by atoms with van der Waals surface area (Å²) in [7, 11) is 0. The Labute approximate surface area is 145 Å². The van der Waals surface area contributed by atoms with Crippen molar-refractivity contribution in [3.63, 3.8) is 0 Å². The Balaban J connectivity index is 1.58. The van der Waals surface area contributed by atoms with E-state index in [2.05, 4.69) is 5.32 Å². The van der Waals surface area contributed by atoms with Gasteiger partial charge in [0.15, 0.2) is 5.54 Å². The predicted molar refractivity (Wildman–Crippen MR) is 88.9 cm³/mol. The summed E-state index contributed by atoms with van der Waals surface area (Å²) in [5.41, 5.74) is -0.457. The first kappa shape index (κ1) is 15.9. The Morgan fingerprint density at radius 2 is 1.92 bits per heavy atom. The molecule has 7 heteroatoms. The third-order valence-electron chi connectivity index (χ3n) is 5.26. The lowest BCUT2D eigenvalue weighted by Gasteiger charge is -2.33. The fourth-order valence-corrected chi connectivity index (χ4v) is 3.89. The molecule has 4 rings (SSSR count). The van der Waals surface area contributed by atoms with Crippen LogP contribution in [0.2, 0.25) is 0 Å². The zero-order chi connectivity index (χ0) is 17.4. The van der Waals surface area contributed by atoms with Crippen LogP contribution in [0.25, 0.3) is 0 Å². The summed E-state index contributed by atoms with van der Waals surface area (Å²) in [5.74, 6) is 0.0748. The first-order valence-corrected chi connectivity index (χ1v) is 8.76. The van der Waals surface area contributed by atoms with Crippen molar-refractivity contribution in [2.75, 3.05) is 26.2 Å². The second kappa shape index (κ2) is 6.06. The molecule has 7 nitrogen and oxygen atoms in total. The number of carbonyl (C=O) groups excluding carboxylic acids is 3. The molecule has 3 heterocycles. The summed E-state index contributed by atoms with van der Waals surface area (Å²) < 4.78 is 5.61. The van der Waals surface area contributed by atoms with Crippen molar-refractivity contribution in [2.45, 2.75) is 31.2 Å². The molecule has 4 amide bonds. The van der Waals surface area contributed by atoms with Gasteiger partial charge in [0.05, 0.1) is 6.61 Å². The van der Waals surface area contributed by atoms with E-state index >= 15 is 0 Å². The van der Waals surface area contributed by atoms with E-state index in [1.807, 2.05) is 12.1 Å². The van der Waals surface area contributed by atoms with Gasteiger partial charge in [-0.05, 0) is 25.3 Å². The maximum Gasteiger partial charge on any atom is 0.325 e. The number of nitrogens with one attached hydrogen (secondary N) is 1. The Hall–Kier alpha value is -2.57. The van der Waals surface area contributed by atoms with Gasteiger partial charge in [-0.25, -0.2) is 4.79 Å². The average Bonchev–Trinajstić information content (AvgIpc) is 2.88. The number of benzene rings is 1. The number of imide groups is 1. The summed E-state index contributed by atoms with van der Waals surface area (Å²) >= 11 is 0. The number of fused-ring (bicyclic) bond motifs is 2. The van der Waals surface area contributed by atoms with E-state index in [9.17, 15) is 14.4 Å². The van der Waals surface area contributed by atoms with E-state index in [0.29, 0.717) is 37.4 Å². The number of carbonyl (C=O) groups is 3. The van der Waals surface area contributed by atoms with Crippen molar-refractivity contribution in [1.29, 1.82) is 0 Å². The normalized spacial score (nSPS) is 25.6. The lowest BCUT2D eigenvalue weighted by Crippen LogP contribution is -2.48. The highest BCUT2D eigenvalue weighted by Crippen LogP contribution is 2.40. The van der Waals surface area contributed by atoms with Crippen molar-refractivity contribution in [1.82, 2.24) is 15.1 Å². The van der Waals surface area contributed by atoms with E-state index < -0.39 is 11.6 Å². The third kappa shape index (κ3) is 2.54. The van der Waals surface area contributed by atoms with Gasteiger partial charge < -0.3 is 15.0 Å².